The molecule has 29 heavy (non-hydrogen) atoms. The standard InChI is InChI=1S/C23H34N2O4/c1-4-28-22(27)23(17-20-10-5-6-15-29-20)11-13-25(14-12-23)21(26)18-8-7-9-19(16-18)24(2)3/h7-9,16,20H,4-6,10-15,17H2,1-3H3. The molecule has 2 aliphatic heterocycles. The van der Waals surface area contributed by atoms with Crippen LogP contribution in [0.25, 0.3) is 0 Å². The Labute approximate surface area is 174 Å². The maximum Gasteiger partial charge on any atom is 0.312 e. The summed E-state index contributed by atoms with van der Waals surface area (Å²) in [6.07, 6.45) is 5.32. The molecule has 160 valence electrons. The summed E-state index contributed by atoms with van der Waals surface area (Å²) in [5, 5.41) is 0. The number of anilines is 1. The van der Waals surface area contributed by atoms with Crippen LogP contribution >= 0.6 is 0 Å². The van der Waals surface area contributed by atoms with Crippen molar-refractivity contribution in [2.75, 3.05) is 45.3 Å². The highest BCUT2D eigenvalue weighted by molar-refractivity contribution is 5.95. The number of ether oxygens (including phenoxy) is 2. The van der Waals surface area contributed by atoms with E-state index in [9.17, 15) is 9.59 Å². The number of rotatable bonds is 6. The Balaban J connectivity index is 1.69. The first-order chi connectivity index (χ1) is 13.9. The second-order valence-corrected chi connectivity index (χ2v) is 8.43. The summed E-state index contributed by atoms with van der Waals surface area (Å²) < 4.78 is 11.4. The molecule has 0 aromatic heterocycles. The van der Waals surface area contributed by atoms with Gasteiger partial charge in [-0.05, 0) is 63.6 Å². The third-order valence-electron chi connectivity index (χ3n) is 6.22. The fraction of sp³-hybridized carbons (Fsp3) is 0.652. The average Bonchev–Trinajstić information content (AvgIpc) is 2.74. The van der Waals surface area contributed by atoms with Crippen LogP contribution in [0.1, 0.15) is 55.8 Å². The van der Waals surface area contributed by atoms with Crippen molar-refractivity contribution in [3.8, 4) is 0 Å². The molecule has 2 saturated heterocycles. The predicted molar refractivity (Wildman–Crippen MR) is 113 cm³/mol. The van der Waals surface area contributed by atoms with Crippen LogP contribution in [0.15, 0.2) is 24.3 Å². The molecule has 0 radical (unpaired) electrons. The van der Waals surface area contributed by atoms with Gasteiger partial charge < -0.3 is 19.3 Å². The Morgan fingerprint density at radius 3 is 2.62 bits per heavy atom. The summed E-state index contributed by atoms with van der Waals surface area (Å²) >= 11 is 0. The van der Waals surface area contributed by atoms with Crippen LogP contribution in [0.2, 0.25) is 0 Å². The largest absolute Gasteiger partial charge is 0.466 e. The highest BCUT2D eigenvalue weighted by Gasteiger charge is 2.45. The summed E-state index contributed by atoms with van der Waals surface area (Å²) in [6, 6.07) is 7.68. The molecule has 2 aliphatic rings. The molecule has 6 heteroatoms. The molecule has 1 unspecified atom stereocenters. The van der Waals surface area contributed by atoms with E-state index in [1.54, 1.807) is 0 Å². The number of hydrogen-bond donors (Lipinski definition) is 0. The van der Waals surface area contributed by atoms with Crippen molar-refractivity contribution in [2.45, 2.75) is 51.6 Å². The molecule has 1 atom stereocenters. The number of hydrogen-bond acceptors (Lipinski definition) is 5. The number of esters is 1. The maximum absolute atomic E-state index is 13.0. The van der Waals surface area contributed by atoms with Crippen molar-refractivity contribution in [3.63, 3.8) is 0 Å². The smallest absolute Gasteiger partial charge is 0.312 e. The van der Waals surface area contributed by atoms with Gasteiger partial charge >= 0.3 is 5.97 Å². The van der Waals surface area contributed by atoms with Gasteiger partial charge in [0.05, 0.1) is 18.1 Å². The molecule has 2 heterocycles. The Morgan fingerprint density at radius 1 is 1.24 bits per heavy atom. The molecule has 1 aromatic carbocycles. The van der Waals surface area contributed by atoms with Crippen LogP contribution in [-0.2, 0) is 14.3 Å². The minimum absolute atomic E-state index is 0.0278. The fourth-order valence-corrected chi connectivity index (χ4v) is 4.42. The van der Waals surface area contributed by atoms with Gasteiger partial charge in [0.2, 0.25) is 0 Å². The molecular formula is C23H34N2O4. The Bertz CT molecular complexity index is 705. The summed E-state index contributed by atoms with van der Waals surface area (Å²) in [6.45, 7) is 4.13. The second kappa shape index (κ2) is 9.61. The summed E-state index contributed by atoms with van der Waals surface area (Å²) in [7, 11) is 3.93. The highest BCUT2D eigenvalue weighted by Crippen LogP contribution is 2.40. The molecule has 0 aliphatic carbocycles. The van der Waals surface area contributed by atoms with Crippen LogP contribution in [0, 0.1) is 5.41 Å². The number of piperidine rings is 1. The minimum atomic E-state index is -0.541. The van der Waals surface area contributed by atoms with E-state index in [0.717, 1.165) is 31.6 Å². The Morgan fingerprint density at radius 2 is 2.00 bits per heavy atom. The highest BCUT2D eigenvalue weighted by atomic mass is 16.5. The van der Waals surface area contributed by atoms with Crippen molar-refractivity contribution in [3.05, 3.63) is 29.8 Å². The van der Waals surface area contributed by atoms with Crippen molar-refractivity contribution in [1.82, 2.24) is 4.90 Å². The lowest BCUT2D eigenvalue weighted by atomic mass is 9.73. The third kappa shape index (κ3) is 5.10. The topological polar surface area (TPSA) is 59.1 Å². The van der Waals surface area contributed by atoms with E-state index < -0.39 is 5.41 Å². The summed E-state index contributed by atoms with van der Waals surface area (Å²) in [4.78, 5) is 29.8. The van der Waals surface area contributed by atoms with E-state index in [1.807, 2.05) is 55.1 Å². The van der Waals surface area contributed by atoms with Gasteiger partial charge in [-0.2, -0.15) is 0 Å². The molecular weight excluding hydrogens is 368 g/mol. The van der Waals surface area contributed by atoms with Gasteiger partial charge in [-0.3, -0.25) is 9.59 Å². The second-order valence-electron chi connectivity index (χ2n) is 8.43. The van der Waals surface area contributed by atoms with E-state index in [2.05, 4.69) is 0 Å². The SMILES string of the molecule is CCOC(=O)C1(CC2CCCCO2)CCN(C(=O)c2cccc(N(C)C)c2)CC1. The molecule has 0 saturated carbocycles. The van der Waals surface area contributed by atoms with Gasteiger partial charge in [-0.15, -0.1) is 0 Å². The maximum atomic E-state index is 13.0. The van der Waals surface area contributed by atoms with E-state index in [0.29, 0.717) is 44.5 Å². The molecule has 0 spiro atoms. The summed E-state index contributed by atoms with van der Waals surface area (Å²) in [5.74, 6) is -0.101. The number of nitrogens with zero attached hydrogens (tertiary/aromatic N) is 2. The predicted octanol–water partition coefficient (Wildman–Crippen LogP) is 3.50. The first kappa shape index (κ1) is 21.6. The van der Waals surface area contributed by atoms with Gasteiger partial charge in [-0.1, -0.05) is 6.07 Å². The van der Waals surface area contributed by atoms with Crippen molar-refractivity contribution >= 4 is 17.6 Å². The van der Waals surface area contributed by atoms with Gasteiger partial charge in [0.25, 0.3) is 5.91 Å². The van der Waals surface area contributed by atoms with Gasteiger partial charge in [0.1, 0.15) is 0 Å². The van der Waals surface area contributed by atoms with Crippen LogP contribution in [0.4, 0.5) is 5.69 Å². The van der Waals surface area contributed by atoms with Crippen molar-refractivity contribution < 1.29 is 19.1 Å². The molecule has 0 bridgehead atoms. The zero-order valence-electron chi connectivity index (χ0n) is 18.0. The lowest BCUT2D eigenvalue weighted by molar-refractivity contribution is -0.162. The quantitative estimate of drug-likeness (QED) is 0.682. The molecule has 1 aromatic rings. The van der Waals surface area contributed by atoms with Crippen LogP contribution in [0.5, 0.6) is 0 Å². The molecule has 2 fully saturated rings. The monoisotopic (exact) mass is 402 g/mol. The first-order valence-corrected chi connectivity index (χ1v) is 10.8. The Kier molecular flexibility index (Phi) is 7.17. The van der Waals surface area contributed by atoms with E-state index in [4.69, 9.17) is 9.47 Å². The summed E-state index contributed by atoms with van der Waals surface area (Å²) in [5.41, 5.74) is 1.15. The van der Waals surface area contributed by atoms with E-state index >= 15 is 0 Å². The fourth-order valence-electron chi connectivity index (χ4n) is 4.42. The number of carbonyl (C=O) groups excluding carboxylic acids is 2. The number of amides is 1. The number of benzene rings is 1. The van der Waals surface area contributed by atoms with Crippen molar-refractivity contribution in [1.29, 1.82) is 0 Å². The molecule has 0 N–H and O–H groups in total. The normalized spacial score (nSPS) is 21.5. The van der Waals surface area contributed by atoms with Gasteiger partial charge in [-0.25, -0.2) is 0 Å². The van der Waals surface area contributed by atoms with Crippen LogP contribution < -0.4 is 4.90 Å². The number of likely N-dealkylation sites (tertiary alicyclic amines) is 1. The van der Waals surface area contributed by atoms with Crippen molar-refractivity contribution in [2.24, 2.45) is 5.41 Å². The van der Waals surface area contributed by atoms with E-state index in [1.165, 1.54) is 0 Å². The average molecular weight is 403 g/mol. The number of carbonyl (C=O) groups is 2. The van der Waals surface area contributed by atoms with Gasteiger partial charge in [0.15, 0.2) is 0 Å². The minimum Gasteiger partial charge on any atom is -0.466 e. The Hall–Kier alpha value is -2.08. The zero-order chi connectivity index (χ0) is 20.9. The molecule has 1 amide bonds. The first-order valence-electron chi connectivity index (χ1n) is 10.8. The van der Waals surface area contributed by atoms with Crippen LogP contribution in [-0.4, -0.2) is 63.3 Å². The van der Waals surface area contributed by atoms with Gasteiger partial charge in [0, 0.05) is 45.0 Å². The molecule has 6 nitrogen and oxygen atoms in total. The zero-order valence-corrected chi connectivity index (χ0v) is 18.0. The molecule has 3 rings (SSSR count). The van der Waals surface area contributed by atoms with Crippen LogP contribution in [0.3, 0.4) is 0 Å². The third-order valence-corrected chi connectivity index (χ3v) is 6.22. The lowest BCUT2D eigenvalue weighted by Crippen LogP contribution is -2.49. The van der Waals surface area contributed by atoms with E-state index in [-0.39, 0.29) is 18.0 Å². The lowest BCUT2D eigenvalue weighted by Gasteiger charge is -2.42.